The van der Waals surface area contributed by atoms with E-state index in [0.717, 1.165) is 7.54 Å². The van der Waals surface area contributed by atoms with Crippen LogP contribution in [0.1, 0.15) is 10.4 Å². The third kappa shape index (κ3) is 2.45. The zero-order valence-corrected chi connectivity index (χ0v) is 14.8. The van der Waals surface area contributed by atoms with Gasteiger partial charge in [0.1, 0.15) is 0 Å². The van der Waals surface area contributed by atoms with E-state index in [9.17, 15) is 13.2 Å². The van der Waals surface area contributed by atoms with E-state index in [4.69, 9.17) is 11.6 Å². The molecule has 0 aliphatic carbocycles. The Hall–Kier alpha value is -1.38. The molecule has 112 valence electrons. The van der Waals surface area contributed by atoms with Crippen LogP contribution in [0.4, 0.5) is 0 Å². The van der Waals surface area contributed by atoms with Gasteiger partial charge in [-0.1, -0.05) is 17.7 Å². The minimum Gasteiger partial charge on any atom is -0.298 e. The van der Waals surface area contributed by atoms with Crippen LogP contribution in [0.3, 0.4) is 0 Å². The van der Waals surface area contributed by atoms with Gasteiger partial charge in [-0.3, -0.25) is 4.79 Å². The molecule has 0 aliphatic heterocycles. The van der Waals surface area contributed by atoms with Crippen molar-refractivity contribution in [2.24, 2.45) is 0 Å². The number of rotatable bonds is 3. The Morgan fingerprint density at radius 3 is 2.41 bits per heavy atom. The van der Waals surface area contributed by atoms with Crippen molar-refractivity contribution in [2.45, 2.75) is 4.90 Å². The van der Waals surface area contributed by atoms with Gasteiger partial charge in [0.25, 0.3) is 10.0 Å². The van der Waals surface area contributed by atoms with Crippen LogP contribution in [0.25, 0.3) is 10.9 Å². The molecule has 0 radical (unpaired) electrons. The van der Waals surface area contributed by atoms with Gasteiger partial charge in [-0.05, 0) is 59.0 Å². The van der Waals surface area contributed by atoms with Gasteiger partial charge in [0, 0.05) is 25.7 Å². The number of carbonyl (C=O) groups is 1. The Balaban J connectivity index is 2.32. The van der Waals surface area contributed by atoms with Gasteiger partial charge >= 0.3 is 0 Å². The summed E-state index contributed by atoms with van der Waals surface area (Å²) in [6, 6.07) is 11.2. The van der Waals surface area contributed by atoms with Crippen molar-refractivity contribution in [3.63, 3.8) is 0 Å². The lowest BCUT2D eigenvalue weighted by molar-refractivity contribution is 0.112. The van der Waals surface area contributed by atoms with Crippen molar-refractivity contribution >= 4 is 61.4 Å². The number of aromatic nitrogens is 1. The summed E-state index contributed by atoms with van der Waals surface area (Å²) >= 11 is 7.88. The van der Waals surface area contributed by atoms with E-state index < -0.39 is 10.0 Å². The highest BCUT2D eigenvalue weighted by Gasteiger charge is 2.22. The first kappa shape index (κ1) is 15.5. The predicted octanol–water partition coefficient (Wildman–Crippen LogP) is 3.95. The average molecular weight is 446 g/mol. The first-order chi connectivity index (χ1) is 10.4. The molecule has 3 rings (SSSR count). The van der Waals surface area contributed by atoms with Gasteiger partial charge in [-0.15, -0.1) is 0 Å². The summed E-state index contributed by atoms with van der Waals surface area (Å²) in [5.74, 6) is 0. The van der Waals surface area contributed by atoms with Crippen LogP contribution in [-0.4, -0.2) is 18.7 Å². The molecule has 1 heterocycles. The fourth-order valence-electron chi connectivity index (χ4n) is 2.25. The topological polar surface area (TPSA) is 56.1 Å². The molecule has 1 aromatic heterocycles. The SMILES string of the molecule is O=Cc1cn(S(=O)(=O)c2ccc(Cl)cc2)c2cccc(I)c12. The Morgan fingerprint density at radius 2 is 1.77 bits per heavy atom. The van der Waals surface area contributed by atoms with Crippen LogP contribution in [0.2, 0.25) is 5.02 Å². The van der Waals surface area contributed by atoms with E-state index >= 15 is 0 Å². The van der Waals surface area contributed by atoms with Crippen LogP contribution < -0.4 is 0 Å². The molecule has 0 saturated heterocycles. The van der Waals surface area contributed by atoms with Gasteiger partial charge < -0.3 is 0 Å². The van der Waals surface area contributed by atoms with Crippen LogP contribution >= 0.6 is 34.2 Å². The lowest BCUT2D eigenvalue weighted by Crippen LogP contribution is -2.11. The quantitative estimate of drug-likeness (QED) is 0.453. The summed E-state index contributed by atoms with van der Waals surface area (Å²) in [6.07, 6.45) is 2.02. The molecular weight excluding hydrogens is 437 g/mol. The minimum absolute atomic E-state index is 0.116. The third-order valence-corrected chi connectivity index (χ3v) is 6.11. The lowest BCUT2D eigenvalue weighted by atomic mass is 10.2. The number of halogens is 2. The van der Waals surface area contributed by atoms with Crippen molar-refractivity contribution in [1.82, 2.24) is 3.97 Å². The summed E-state index contributed by atoms with van der Waals surface area (Å²) in [5.41, 5.74) is 0.821. The molecule has 7 heteroatoms. The summed E-state index contributed by atoms with van der Waals surface area (Å²) in [4.78, 5) is 11.4. The fourth-order valence-corrected chi connectivity index (χ4v) is 4.54. The number of carbonyl (C=O) groups excluding carboxylic acids is 1. The first-order valence-corrected chi connectivity index (χ1v) is 9.11. The Labute approximate surface area is 145 Å². The highest BCUT2D eigenvalue weighted by atomic mass is 127. The third-order valence-electron chi connectivity index (χ3n) is 3.27. The number of aldehydes is 1. The van der Waals surface area contributed by atoms with Crippen LogP contribution in [-0.2, 0) is 10.0 Å². The van der Waals surface area contributed by atoms with Crippen LogP contribution in [0, 0.1) is 3.57 Å². The maximum absolute atomic E-state index is 12.8. The lowest BCUT2D eigenvalue weighted by Gasteiger charge is -2.07. The van der Waals surface area contributed by atoms with Crippen LogP contribution in [0.5, 0.6) is 0 Å². The molecule has 0 aliphatic rings. The smallest absolute Gasteiger partial charge is 0.268 e. The predicted molar refractivity (Wildman–Crippen MR) is 94.1 cm³/mol. The summed E-state index contributed by atoms with van der Waals surface area (Å²) in [5, 5.41) is 1.09. The fraction of sp³-hybridized carbons (Fsp3) is 0. The highest BCUT2D eigenvalue weighted by Crippen LogP contribution is 2.29. The number of fused-ring (bicyclic) bond motifs is 1. The van der Waals surface area contributed by atoms with E-state index in [2.05, 4.69) is 22.6 Å². The van der Waals surface area contributed by atoms with Gasteiger partial charge in [0.15, 0.2) is 6.29 Å². The zero-order valence-electron chi connectivity index (χ0n) is 11.0. The summed E-state index contributed by atoms with van der Waals surface area (Å²) < 4.78 is 27.6. The second-order valence-corrected chi connectivity index (χ2v) is 8.00. The zero-order chi connectivity index (χ0) is 15.9. The normalized spacial score (nSPS) is 11.7. The van der Waals surface area contributed by atoms with E-state index in [1.165, 1.54) is 30.5 Å². The molecule has 0 spiro atoms. The molecule has 0 saturated carbocycles. The molecule has 0 bridgehead atoms. The monoisotopic (exact) mass is 445 g/mol. The molecule has 0 N–H and O–H groups in total. The second kappa shape index (κ2) is 5.68. The van der Waals surface area contributed by atoms with Crippen molar-refractivity contribution in [3.8, 4) is 0 Å². The molecule has 22 heavy (non-hydrogen) atoms. The Kier molecular flexibility index (Phi) is 4.00. The number of hydrogen-bond donors (Lipinski definition) is 0. The summed E-state index contributed by atoms with van der Waals surface area (Å²) in [6.45, 7) is 0. The number of hydrogen-bond acceptors (Lipinski definition) is 3. The van der Waals surface area contributed by atoms with E-state index in [0.29, 0.717) is 27.8 Å². The maximum Gasteiger partial charge on any atom is 0.268 e. The van der Waals surface area contributed by atoms with E-state index in [1.54, 1.807) is 12.1 Å². The standard InChI is InChI=1S/C15H9ClINO3S/c16-11-4-6-12(7-5-11)22(20,21)18-8-10(9-19)15-13(17)2-1-3-14(15)18/h1-9H. The molecular formula is C15H9ClINO3S. The Bertz CT molecular complexity index is 978. The van der Waals surface area contributed by atoms with Crippen molar-refractivity contribution in [3.05, 3.63) is 62.8 Å². The van der Waals surface area contributed by atoms with E-state index in [1.807, 2.05) is 6.07 Å². The van der Waals surface area contributed by atoms with Crippen LogP contribution in [0.15, 0.2) is 53.6 Å². The molecule has 0 unspecified atom stereocenters. The largest absolute Gasteiger partial charge is 0.298 e. The molecule has 3 aromatic rings. The molecule has 0 fully saturated rings. The average Bonchev–Trinajstić information content (AvgIpc) is 2.88. The number of nitrogens with zero attached hydrogens (tertiary/aromatic N) is 1. The van der Waals surface area contributed by atoms with Crippen molar-refractivity contribution in [1.29, 1.82) is 0 Å². The highest BCUT2D eigenvalue weighted by molar-refractivity contribution is 14.1. The molecule has 0 amide bonds. The van der Waals surface area contributed by atoms with Gasteiger partial charge in [-0.2, -0.15) is 0 Å². The molecule has 4 nitrogen and oxygen atoms in total. The van der Waals surface area contributed by atoms with Gasteiger partial charge in [0.05, 0.1) is 10.4 Å². The van der Waals surface area contributed by atoms with Crippen molar-refractivity contribution < 1.29 is 13.2 Å². The minimum atomic E-state index is -3.79. The van der Waals surface area contributed by atoms with Gasteiger partial charge in [0.2, 0.25) is 0 Å². The molecule has 2 aromatic carbocycles. The van der Waals surface area contributed by atoms with E-state index in [-0.39, 0.29) is 4.90 Å². The Morgan fingerprint density at radius 1 is 1.09 bits per heavy atom. The molecule has 0 atom stereocenters. The maximum atomic E-state index is 12.8. The van der Waals surface area contributed by atoms with Crippen molar-refractivity contribution in [2.75, 3.05) is 0 Å². The van der Waals surface area contributed by atoms with Gasteiger partial charge in [-0.25, -0.2) is 12.4 Å². The number of benzene rings is 2. The first-order valence-electron chi connectivity index (χ1n) is 6.21. The second-order valence-electron chi connectivity index (χ2n) is 4.59. The summed E-state index contributed by atoms with van der Waals surface area (Å²) in [7, 11) is -3.79.